The van der Waals surface area contributed by atoms with Gasteiger partial charge >= 0.3 is 0 Å². The SMILES string of the molecule is CCC1CCC(Nc2cc(C)c(O)cc2C)C1. The number of nitrogens with one attached hydrogen (secondary N) is 1. The Morgan fingerprint density at radius 2 is 2.00 bits per heavy atom. The molecule has 2 nitrogen and oxygen atoms in total. The quantitative estimate of drug-likeness (QED) is 0.773. The molecule has 2 atom stereocenters. The van der Waals surface area contributed by atoms with E-state index < -0.39 is 0 Å². The molecule has 1 fully saturated rings. The van der Waals surface area contributed by atoms with Crippen molar-refractivity contribution in [3.63, 3.8) is 0 Å². The van der Waals surface area contributed by atoms with E-state index in [4.69, 9.17) is 0 Å². The molecule has 17 heavy (non-hydrogen) atoms. The molecule has 1 aromatic rings. The number of hydrogen-bond donors (Lipinski definition) is 2. The van der Waals surface area contributed by atoms with E-state index in [0.29, 0.717) is 11.8 Å². The summed E-state index contributed by atoms with van der Waals surface area (Å²) in [6, 6.07) is 4.52. The fraction of sp³-hybridized carbons (Fsp3) is 0.600. The molecular weight excluding hydrogens is 210 g/mol. The molecule has 1 saturated carbocycles. The van der Waals surface area contributed by atoms with Gasteiger partial charge in [0.2, 0.25) is 0 Å². The van der Waals surface area contributed by atoms with Crippen LogP contribution in [-0.4, -0.2) is 11.1 Å². The first-order valence-electron chi connectivity index (χ1n) is 6.67. The average Bonchev–Trinajstić information content (AvgIpc) is 2.73. The van der Waals surface area contributed by atoms with Crippen molar-refractivity contribution in [2.45, 2.75) is 52.5 Å². The Labute approximate surface area is 104 Å². The molecule has 94 valence electrons. The lowest BCUT2D eigenvalue weighted by Gasteiger charge is -2.17. The molecule has 2 unspecified atom stereocenters. The lowest BCUT2D eigenvalue weighted by atomic mass is 10.0. The zero-order chi connectivity index (χ0) is 12.4. The van der Waals surface area contributed by atoms with Gasteiger partial charge in [-0.3, -0.25) is 0 Å². The molecule has 0 spiro atoms. The van der Waals surface area contributed by atoms with Gasteiger partial charge < -0.3 is 10.4 Å². The molecule has 0 heterocycles. The van der Waals surface area contributed by atoms with Crippen molar-refractivity contribution < 1.29 is 5.11 Å². The summed E-state index contributed by atoms with van der Waals surface area (Å²) >= 11 is 0. The predicted molar refractivity (Wildman–Crippen MR) is 72.6 cm³/mol. The molecule has 0 aromatic heterocycles. The maximum absolute atomic E-state index is 9.64. The summed E-state index contributed by atoms with van der Waals surface area (Å²) in [5.74, 6) is 1.29. The second kappa shape index (κ2) is 4.99. The third-order valence-corrected chi connectivity index (χ3v) is 4.02. The molecule has 0 radical (unpaired) electrons. The standard InChI is InChI=1S/C15H23NO/c1-4-12-5-6-13(9-12)16-14-7-11(3)15(17)8-10(14)2/h7-8,12-13,16-17H,4-6,9H2,1-3H3. The average molecular weight is 233 g/mol. The van der Waals surface area contributed by atoms with Gasteiger partial charge in [-0.2, -0.15) is 0 Å². The van der Waals surface area contributed by atoms with Crippen molar-refractivity contribution in [2.75, 3.05) is 5.32 Å². The van der Waals surface area contributed by atoms with Crippen molar-refractivity contribution in [3.05, 3.63) is 23.3 Å². The van der Waals surface area contributed by atoms with Crippen LogP contribution >= 0.6 is 0 Å². The van der Waals surface area contributed by atoms with Gasteiger partial charge in [-0.15, -0.1) is 0 Å². The van der Waals surface area contributed by atoms with Crippen LogP contribution in [-0.2, 0) is 0 Å². The normalized spacial score (nSPS) is 23.9. The summed E-state index contributed by atoms with van der Waals surface area (Å²) in [6.45, 7) is 6.28. The van der Waals surface area contributed by atoms with Gasteiger partial charge in [0, 0.05) is 11.7 Å². The van der Waals surface area contributed by atoms with E-state index in [2.05, 4.69) is 18.3 Å². The van der Waals surface area contributed by atoms with E-state index in [1.54, 1.807) is 0 Å². The summed E-state index contributed by atoms with van der Waals surface area (Å²) in [4.78, 5) is 0. The molecule has 0 saturated heterocycles. The minimum absolute atomic E-state index is 0.394. The number of aromatic hydroxyl groups is 1. The van der Waals surface area contributed by atoms with Gasteiger partial charge in [0.15, 0.2) is 0 Å². The molecule has 2 heteroatoms. The highest BCUT2D eigenvalue weighted by molar-refractivity contribution is 5.57. The zero-order valence-electron chi connectivity index (χ0n) is 11.1. The van der Waals surface area contributed by atoms with Crippen LogP contribution in [0.15, 0.2) is 12.1 Å². The third kappa shape index (κ3) is 2.74. The number of hydrogen-bond acceptors (Lipinski definition) is 2. The number of rotatable bonds is 3. The van der Waals surface area contributed by atoms with Crippen molar-refractivity contribution in [1.29, 1.82) is 0 Å². The largest absolute Gasteiger partial charge is 0.508 e. The Balaban J connectivity index is 2.06. The Kier molecular flexibility index (Phi) is 3.60. The number of anilines is 1. The molecule has 1 aliphatic rings. The maximum Gasteiger partial charge on any atom is 0.118 e. The van der Waals surface area contributed by atoms with Crippen LogP contribution in [0, 0.1) is 19.8 Å². The Bertz CT molecular complexity index is 400. The van der Waals surface area contributed by atoms with Crippen molar-refractivity contribution in [1.82, 2.24) is 0 Å². The first-order chi connectivity index (χ1) is 8.10. The molecule has 0 aliphatic heterocycles. The second-order valence-electron chi connectivity index (χ2n) is 5.38. The Hall–Kier alpha value is -1.18. The van der Waals surface area contributed by atoms with Crippen LogP contribution in [0.3, 0.4) is 0 Å². The zero-order valence-corrected chi connectivity index (χ0v) is 11.1. The van der Waals surface area contributed by atoms with E-state index in [-0.39, 0.29) is 0 Å². The van der Waals surface area contributed by atoms with Gasteiger partial charge in [0.25, 0.3) is 0 Å². The summed E-state index contributed by atoms with van der Waals surface area (Å²) in [7, 11) is 0. The summed E-state index contributed by atoms with van der Waals surface area (Å²) in [6.07, 6.45) is 5.21. The van der Waals surface area contributed by atoms with E-state index in [1.807, 2.05) is 19.9 Å². The van der Waals surface area contributed by atoms with Crippen LogP contribution in [0.5, 0.6) is 5.75 Å². The Morgan fingerprint density at radius 3 is 2.65 bits per heavy atom. The predicted octanol–water partition coefficient (Wildman–Crippen LogP) is 4.00. The number of phenolic OH excluding ortho intramolecular Hbond substituents is 1. The minimum Gasteiger partial charge on any atom is -0.508 e. The van der Waals surface area contributed by atoms with Gasteiger partial charge in [-0.25, -0.2) is 0 Å². The fourth-order valence-electron chi connectivity index (χ4n) is 2.75. The highest BCUT2D eigenvalue weighted by Gasteiger charge is 2.23. The monoisotopic (exact) mass is 233 g/mol. The topological polar surface area (TPSA) is 32.3 Å². The number of benzene rings is 1. The lowest BCUT2D eigenvalue weighted by molar-refractivity contribution is 0.470. The molecule has 2 N–H and O–H groups in total. The first kappa shape index (κ1) is 12.3. The highest BCUT2D eigenvalue weighted by atomic mass is 16.3. The van der Waals surface area contributed by atoms with Gasteiger partial charge in [-0.05, 0) is 62.3 Å². The smallest absolute Gasteiger partial charge is 0.118 e. The Morgan fingerprint density at radius 1 is 1.24 bits per heavy atom. The fourth-order valence-corrected chi connectivity index (χ4v) is 2.75. The molecule has 1 aliphatic carbocycles. The van der Waals surface area contributed by atoms with E-state index in [1.165, 1.54) is 31.4 Å². The summed E-state index contributed by atoms with van der Waals surface area (Å²) < 4.78 is 0. The highest BCUT2D eigenvalue weighted by Crippen LogP contribution is 2.32. The van der Waals surface area contributed by atoms with Crippen molar-refractivity contribution in [3.8, 4) is 5.75 Å². The molecule has 1 aromatic carbocycles. The number of phenols is 1. The van der Waals surface area contributed by atoms with Crippen LogP contribution in [0.25, 0.3) is 0 Å². The molecule has 0 bridgehead atoms. The summed E-state index contributed by atoms with van der Waals surface area (Å²) in [5, 5.41) is 13.3. The number of aryl methyl sites for hydroxylation is 2. The van der Waals surface area contributed by atoms with Crippen molar-refractivity contribution in [2.24, 2.45) is 5.92 Å². The van der Waals surface area contributed by atoms with E-state index in [9.17, 15) is 5.11 Å². The van der Waals surface area contributed by atoms with E-state index in [0.717, 1.165) is 17.0 Å². The summed E-state index contributed by atoms with van der Waals surface area (Å²) in [5.41, 5.74) is 3.26. The second-order valence-corrected chi connectivity index (χ2v) is 5.38. The van der Waals surface area contributed by atoms with Crippen LogP contribution in [0.1, 0.15) is 43.7 Å². The molecule has 2 rings (SSSR count). The third-order valence-electron chi connectivity index (χ3n) is 4.02. The van der Waals surface area contributed by atoms with Gasteiger partial charge in [-0.1, -0.05) is 13.3 Å². The van der Waals surface area contributed by atoms with Crippen LogP contribution < -0.4 is 5.32 Å². The van der Waals surface area contributed by atoms with Crippen LogP contribution in [0.4, 0.5) is 5.69 Å². The van der Waals surface area contributed by atoms with Crippen molar-refractivity contribution >= 4 is 5.69 Å². The van der Waals surface area contributed by atoms with Gasteiger partial charge in [0.1, 0.15) is 5.75 Å². The van der Waals surface area contributed by atoms with Gasteiger partial charge in [0.05, 0.1) is 0 Å². The maximum atomic E-state index is 9.64. The molecular formula is C15H23NO. The first-order valence-corrected chi connectivity index (χ1v) is 6.67. The molecule has 0 amide bonds. The lowest BCUT2D eigenvalue weighted by Crippen LogP contribution is -2.16. The van der Waals surface area contributed by atoms with E-state index >= 15 is 0 Å². The minimum atomic E-state index is 0.394. The van der Waals surface area contributed by atoms with Crippen LogP contribution in [0.2, 0.25) is 0 Å².